The molecule has 0 rings (SSSR count). The van der Waals surface area contributed by atoms with Gasteiger partial charge in [-0.25, -0.2) is 4.57 Å². The number of aliphatic hydroxyl groups is 1. The largest absolute Gasteiger partial charge is 0.472 e. The Bertz CT molecular complexity index is 1640. The van der Waals surface area contributed by atoms with Gasteiger partial charge in [0.05, 0.1) is 19.8 Å². The molecule has 3 atom stereocenters. The summed E-state index contributed by atoms with van der Waals surface area (Å²) in [5.74, 6) is -1.51. The van der Waals surface area contributed by atoms with Crippen molar-refractivity contribution in [1.82, 2.24) is 0 Å². The zero-order valence-corrected chi connectivity index (χ0v) is 49.1. The van der Waals surface area contributed by atoms with E-state index in [-0.39, 0.29) is 25.9 Å². The van der Waals surface area contributed by atoms with Crippen molar-refractivity contribution in [3.8, 4) is 0 Å². The fraction of sp³-hybridized carbons (Fsp3) is 0.703. The average Bonchev–Trinajstić information content (AvgIpc) is 3.41. The lowest BCUT2D eigenvalue weighted by molar-refractivity contribution is -0.161. The van der Waals surface area contributed by atoms with Crippen molar-refractivity contribution in [2.75, 3.05) is 26.4 Å². The number of rotatable bonds is 55. The third-order valence-corrected chi connectivity index (χ3v) is 13.4. The first kappa shape index (κ1) is 72.4. The lowest BCUT2D eigenvalue weighted by atomic mass is 10.1. The second kappa shape index (κ2) is 57.6. The van der Waals surface area contributed by atoms with Crippen LogP contribution in [0.3, 0.4) is 0 Å². The Kier molecular flexibility index (Phi) is 54.8. The first-order chi connectivity index (χ1) is 37.2. The molecule has 0 aliphatic rings. The molecule has 0 amide bonds. The third-order valence-electron chi connectivity index (χ3n) is 12.4. The molecule has 0 spiro atoms. The minimum atomic E-state index is -4.76. The van der Waals surface area contributed by atoms with Crippen molar-refractivity contribution in [3.63, 3.8) is 0 Å². The summed E-state index contributed by atoms with van der Waals surface area (Å²) in [5.41, 5.74) is 0. The number of carbonyl (C=O) groups is 3. The van der Waals surface area contributed by atoms with Gasteiger partial charge in [0.15, 0.2) is 6.10 Å². The van der Waals surface area contributed by atoms with Gasteiger partial charge in [-0.2, -0.15) is 0 Å². The van der Waals surface area contributed by atoms with Gasteiger partial charge >= 0.3 is 25.7 Å². The number of phosphoric acid groups is 1. The minimum absolute atomic E-state index is 0.145. The maximum absolute atomic E-state index is 12.9. The normalized spacial score (nSPS) is 14.0. The van der Waals surface area contributed by atoms with Crippen LogP contribution in [0.4, 0.5) is 0 Å². The molecule has 0 fully saturated rings. The summed E-state index contributed by atoms with van der Waals surface area (Å²) in [6, 6.07) is 0. The second-order valence-electron chi connectivity index (χ2n) is 19.8. The van der Waals surface area contributed by atoms with Crippen LogP contribution < -0.4 is 0 Å². The number of esters is 3. The Morgan fingerprint density at radius 1 is 0.382 bits per heavy atom. The van der Waals surface area contributed by atoms with Crippen molar-refractivity contribution in [2.45, 2.75) is 264 Å². The first-order valence-electron chi connectivity index (χ1n) is 30.1. The molecular weight excluding hydrogens is 976 g/mol. The molecule has 76 heavy (non-hydrogen) atoms. The maximum atomic E-state index is 12.9. The lowest BCUT2D eigenvalue weighted by Gasteiger charge is -2.21. The highest BCUT2D eigenvalue weighted by atomic mass is 31.2. The van der Waals surface area contributed by atoms with Gasteiger partial charge in [0.25, 0.3) is 0 Å². The molecule has 0 aromatic rings. The molecule has 0 bridgehead atoms. The molecule has 436 valence electrons. The number of phosphoric ester groups is 1. The van der Waals surface area contributed by atoms with E-state index < -0.39 is 57.8 Å². The Labute approximate surface area is 463 Å². The fourth-order valence-corrected chi connectivity index (χ4v) is 8.67. The number of unbranched alkanes of at least 4 members (excludes halogenated alkanes) is 22. The molecule has 2 N–H and O–H groups in total. The Balaban J connectivity index is 4.78. The molecule has 0 aromatic heterocycles. The third kappa shape index (κ3) is 55.2. The van der Waals surface area contributed by atoms with E-state index in [2.05, 4.69) is 118 Å². The van der Waals surface area contributed by atoms with Gasteiger partial charge in [-0.1, -0.05) is 214 Å². The topological polar surface area (TPSA) is 155 Å². The monoisotopic (exact) mass is 1080 g/mol. The van der Waals surface area contributed by atoms with Gasteiger partial charge < -0.3 is 24.2 Å². The number of ether oxygens (including phenoxy) is 3. The van der Waals surface area contributed by atoms with Crippen molar-refractivity contribution >= 4 is 25.7 Å². The van der Waals surface area contributed by atoms with Gasteiger partial charge in [-0.3, -0.25) is 23.4 Å². The lowest BCUT2D eigenvalue weighted by Crippen LogP contribution is -2.30. The fourth-order valence-electron chi connectivity index (χ4n) is 7.89. The highest BCUT2D eigenvalue weighted by Gasteiger charge is 2.28. The molecule has 0 aromatic carbocycles. The van der Waals surface area contributed by atoms with E-state index in [0.717, 1.165) is 154 Å². The van der Waals surface area contributed by atoms with E-state index in [1.165, 1.54) is 38.5 Å². The van der Waals surface area contributed by atoms with E-state index >= 15 is 0 Å². The molecule has 0 aliphatic carbocycles. The molecule has 11 nitrogen and oxygen atoms in total. The van der Waals surface area contributed by atoms with Crippen LogP contribution in [0, 0.1) is 0 Å². The van der Waals surface area contributed by atoms with E-state index in [9.17, 15) is 28.9 Å². The smallest absolute Gasteiger partial charge is 0.462 e. The summed E-state index contributed by atoms with van der Waals surface area (Å²) in [5, 5.41) is 9.82. The summed E-state index contributed by atoms with van der Waals surface area (Å²) >= 11 is 0. The Morgan fingerprint density at radius 3 is 1.11 bits per heavy atom. The maximum Gasteiger partial charge on any atom is 0.472 e. The zero-order valence-electron chi connectivity index (χ0n) is 48.2. The van der Waals surface area contributed by atoms with Gasteiger partial charge in [0.1, 0.15) is 12.7 Å². The van der Waals surface area contributed by atoms with Crippen LogP contribution in [0.25, 0.3) is 0 Å². The van der Waals surface area contributed by atoms with Crippen molar-refractivity contribution in [3.05, 3.63) is 97.2 Å². The van der Waals surface area contributed by atoms with Gasteiger partial charge in [-0.15, -0.1) is 0 Å². The van der Waals surface area contributed by atoms with Crippen LogP contribution >= 0.6 is 7.82 Å². The van der Waals surface area contributed by atoms with E-state index in [1.807, 2.05) is 0 Å². The zero-order chi connectivity index (χ0) is 55.5. The molecule has 0 heterocycles. The van der Waals surface area contributed by atoms with Crippen LogP contribution in [-0.4, -0.2) is 66.5 Å². The predicted molar refractivity (Wildman–Crippen MR) is 316 cm³/mol. The number of carbonyl (C=O) groups excluding carboxylic acids is 3. The van der Waals surface area contributed by atoms with Crippen LogP contribution in [0.1, 0.15) is 252 Å². The van der Waals surface area contributed by atoms with Crippen LogP contribution in [-0.2, 0) is 42.2 Å². The van der Waals surface area contributed by atoms with Gasteiger partial charge in [0, 0.05) is 19.3 Å². The van der Waals surface area contributed by atoms with Crippen LogP contribution in [0.2, 0.25) is 0 Å². The number of hydrogen-bond acceptors (Lipinski definition) is 10. The van der Waals surface area contributed by atoms with Crippen molar-refractivity contribution in [1.29, 1.82) is 0 Å². The number of hydrogen-bond donors (Lipinski definition) is 2. The molecule has 0 saturated carbocycles. The second-order valence-corrected chi connectivity index (χ2v) is 21.2. The predicted octanol–water partition coefficient (Wildman–Crippen LogP) is 18.0. The Hall–Kier alpha value is -3.60. The SMILES string of the molecule is CC/C=C\C/C=C\C/C=C\C/C=C\CCCCCCCCC(=O)OC(COC(=O)CCCCCCCCC/C=C\C/C=C\CCCCC)COP(=O)(O)OCC(CO)OC(=O)CCCCCCC/C=C\C/C=C\CCC. The standard InChI is InChI=1S/C64H109O11P/c1-4-7-10-13-16-19-22-25-27-29-30-32-34-37-40-43-46-49-52-55-64(68)75-61(57-71-62(66)53-50-47-44-41-38-36-33-31-28-26-23-20-17-14-11-8-5-2)59-73-76(69,70)72-58-60(56-65)74-63(67)54-51-48-45-42-39-35-24-21-18-15-12-9-6-3/h7,10,12,15-17,19-21,24-28,30,32,60-61,65H,4-6,8-9,11,13-14,18,22-23,29,31,33-59H2,1-3H3,(H,69,70)/b10-7-,15-12-,19-16-,20-17-,24-21-,27-25-,28-26-,32-30-. The van der Waals surface area contributed by atoms with Crippen molar-refractivity contribution < 1.29 is 52.2 Å². The van der Waals surface area contributed by atoms with Crippen LogP contribution in [0.5, 0.6) is 0 Å². The summed E-state index contributed by atoms with van der Waals surface area (Å²) in [4.78, 5) is 48.6. The van der Waals surface area contributed by atoms with Gasteiger partial charge in [0.2, 0.25) is 0 Å². The molecular formula is C64H109O11P. The highest BCUT2D eigenvalue weighted by molar-refractivity contribution is 7.47. The minimum Gasteiger partial charge on any atom is -0.462 e. The summed E-state index contributed by atoms with van der Waals surface area (Å²) in [6.07, 6.45) is 67.8. The highest BCUT2D eigenvalue weighted by Crippen LogP contribution is 2.43. The molecule has 0 saturated heterocycles. The molecule has 0 radical (unpaired) electrons. The molecule has 3 unspecified atom stereocenters. The summed E-state index contributed by atoms with van der Waals surface area (Å²) in [7, 11) is -4.76. The number of allylic oxidation sites excluding steroid dienone is 16. The van der Waals surface area contributed by atoms with E-state index in [1.54, 1.807) is 0 Å². The average molecular weight is 1090 g/mol. The van der Waals surface area contributed by atoms with Crippen LogP contribution in [0.15, 0.2) is 97.2 Å². The quantitative estimate of drug-likeness (QED) is 0.0197. The van der Waals surface area contributed by atoms with Gasteiger partial charge in [-0.05, 0) is 116 Å². The molecule has 12 heteroatoms. The number of aliphatic hydroxyl groups excluding tert-OH is 1. The van der Waals surface area contributed by atoms with E-state index in [0.29, 0.717) is 19.3 Å². The first-order valence-corrected chi connectivity index (χ1v) is 31.6. The summed E-state index contributed by atoms with van der Waals surface area (Å²) < 4.78 is 39.6. The molecule has 0 aliphatic heterocycles. The van der Waals surface area contributed by atoms with Crippen molar-refractivity contribution in [2.24, 2.45) is 0 Å². The summed E-state index contributed by atoms with van der Waals surface area (Å²) in [6.45, 7) is 4.41. The Morgan fingerprint density at radius 2 is 0.711 bits per heavy atom. The van der Waals surface area contributed by atoms with E-state index in [4.69, 9.17) is 23.3 Å².